The molecule has 106 valence electrons. The zero-order chi connectivity index (χ0) is 14.8. The Hall–Kier alpha value is -2.28. The maximum Gasteiger partial charge on any atom is 0.265 e. The van der Waals surface area contributed by atoms with Gasteiger partial charge < -0.3 is 10.6 Å². The minimum Gasteiger partial charge on any atom is -0.384 e. The van der Waals surface area contributed by atoms with E-state index in [4.69, 9.17) is 5.73 Å². The summed E-state index contributed by atoms with van der Waals surface area (Å²) in [5.74, 6) is 0.449. The molecule has 0 saturated carbocycles. The normalized spacial score (nSPS) is 11.1. The minimum absolute atomic E-state index is 0.189. The second-order valence-electron chi connectivity index (χ2n) is 4.42. The van der Waals surface area contributed by atoms with Crippen LogP contribution in [0.2, 0.25) is 0 Å². The zero-order valence-corrected chi connectivity index (χ0v) is 12.1. The van der Waals surface area contributed by atoms with Crippen molar-refractivity contribution in [2.75, 3.05) is 29.5 Å². The first-order valence-electron chi connectivity index (χ1n) is 5.92. The first-order valence-corrected chi connectivity index (χ1v) is 7.40. The average Bonchev–Trinajstić information content (AvgIpc) is 2.38. The molecule has 0 atom stereocenters. The summed E-state index contributed by atoms with van der Waals surface area (Å²) in [5, 5.41) is 0. The molecule has 0 amide bonds. The maximum absolute atomic E-state index is 12.4. The highest BCUT2D eigenvalue weighted by Crippen LogP contribution is 2.25. The number of pyridine rings is 1. The van der Waals surface area contributed by atoms with Gasteiger partial charge in [0.15, 0.2) is 0 Å². The van der Waals surface area contributed by atoms with E-state index < -0.39 is 10.0 Å². The smallest absolute Gasteiger partial charge is 0.265 e. The molecule has 0 aliphatic rings. The summed E-state index contributed by atoms with van der Waals surface area (Å²) in [4.78, 5) is 5.86. The zero-order valence-electron chi connectivity index (χ0n) is 11.2. The van der Waals surface area contributed by atoms with Crippen LogP contribution in [0.15, 0.2) is 47.4 Å². The van der Waals surface area contributed by atoms with Crippen LogP contribution in [-0.2, 0) is 10.0 Å². The fourth-order valence-electron chi connectivity index (χ4n) is 1.75. The van der Waals surface area contributed by atoms with Gasteiger partial charge in [-0.1, -0.05) is 18.2 Å². The molecule has 0 radical (unpaired) electrons. The van der Waals surface area contributed by atoms with E-state index in [-0.39, 0.29) is 16.5 Å². The largest absolute Gasteiger partial charge is 0.384 e. The van der Waals surface area contributed by atoms with Crippen LogP contribution in [-0.4, -0.2) is 27.5 Å². The van der Waals surface area contributed by atoms with Crippen LogP contribution >= 0.6 is 0 Å². The molecule has 0 aliphatic carbocycles. The summed E-state index contributed by atoms with van der Waals surface area (Å²) < 4.78 is 27.3. The Morgan fingerprint density at radius 1 is 1.10 bits per heavy atom. The molecule has 7 heteroatoms. The Balaban J connectivity index is 2.41. The van der Waals surface area contributed by atoms with Crippen LogP contribution in [0.25, 0.3) is 0 Å². The molecular formula is C13H16N4O2S. The van der Waals surface area contributed by atoms with Crippen LogP contribution in [0.1, 0.15) is 0 Å². The summed E-state index contributed by atoms with van der Waals surface area (Å²) in [6.45, 7) is 0. The number of anilines is 3. The molecule has 20 heavy (non-hydrogen) atoms. The van der Waals surface area contributed by atoms with Crippen LogP contribution < -0.4 is 15.4 Å². The highest BCUT2D eigenvalue weighted by molar-refractivity contribution is 7.92. The summed E-state index contributed by atoms with van der Waals surface area (Å²) >= 11 is 0. The number of hydrogen-bond acceptors (Lipinski definition) is 5. The summed E-state index contributed by atoms with van der Waals surface area (Å²) in [6.07, 6.45) is 0. The third-order valence-electron chi connectivity index (χ3n) is 2.65. The molecule has 0 unspecified atom stereocenters. The summed E-state index contributed by atoms with van der Waals surface area (Å²) in [5.41, 5.74) is 6.14. The number of hydrogen-bond donors (Lipinski definition) is 2. The number of aromatic nitrogens is 1. The Morgan fingerprint density at radius 3 is 2.45 bits per heavy atom. The lowest BCUT2D eigenvalue weighted by Gasteiger charge is -2.17. The van der Waals surface area contributed by atoms with Gasteiger partial charge in [0.25, 0.3) is 10.0 Å². The van der Waals surface area contributed by atoms with Crippen molar-refractivity contribution in [3.8, 4) is 0 Å². The Morgan fingerprint density at radius 2 is 1.80 bits per heavy atom. The third kappa shape index (κ3) is 3.00. The van der Waals surface area contributed by atoms with Gasteiger partial charge in [-0.05, 0) is 24.3 Å². The number of nitrogens with zero attached hydrogens (tertiary/aromatic N) is 2. The van der Waals surface area contributed by atoms with E-state index >= 15 is 0 Å². The number of rotatable bonds is 4. The van der Waals surface area contributed by atoms with E-state index in [0.717, 1.165) is 0 Å². The average molecular weight is 292 g/mol. The fourth-order valence-corrected chi connectivity index (χ4v) is 3.04. The number of sulfonamides is 1. The maximum atomic E-state index is 12.4. The Labute approximate surface area is 118 Å². The molecule has 0 bridgehead atoms. The molecule has 6 nitrogen and oxygen atoms in total. The van der Waals surface area contributed by atoms with Crippen molar-refractivity contribution in [1.29, 1.82) is 0 Å². The summed E-state index contributed by atoms with van der Waals surface area (Å²) in [7, 11) is -0.146. The number of nitrogens with two attached hydrogens (primary N) is 1. The SMILES string of the molecule is CN(C)c1ccccc1S(=O)(=O)Nc1cccc(N)n1. The predicted octanol–water partition coefficient (Wildman–Crippen LogP) is 1.53. The van der Waals surface area contributed by atoms with Gasteiger partial charge in [0.1, 0.15) is 16.5 Å². The van der Waals surface area contributed by atoms with E-state index in [9.17, 15) is 8.42 Å². The number of benzene rings is 1. The van der Waals surface area contributed by atoms with Crippen molar-refractivity contribution in [2.24, 2.45) is 0 Å². The van der Waals surface area contributed by atoms with Gasteiger partial charge in [-0.2, -0.15) is 0 Å². The minimum atomic E-state index is -3.72. The van der Waals surface area contributed by atoms with E-state index in [1.165, 1.54) is 0 Å². The molecule has 2 aromatic rings. The van der Waals surface area contributed by atoms with Crippen molar-refractivity contribution >= 4 is 27.3 Å². The van der Waals surface area contributed by atoms with E-state index in [2.05, 4.69) is 9.71 Å². The van der Waals surface area contributed by atoms with Gasteiger partial charge in [0, 0.05) is 14.1 Å². The van der Waals surface area contributed by atoms with Crippen LogP contribution in [0.4, 0.5) is 17.3 Å². The number of para-hydroxylation sites is 1. The Kier molecular flexibility index (Phi) is 3.80. The second kappa shape index (κ2) is 5.38. The molecule has 1 aromatic heterocycles. The molecule has 0 fully saturated rings. The van der Waals surface area contributed by atoms with Crippen molar-refractivity contribution < 1.29 is 8.42 Å². The van der Waals surface area contributed by atoms with Gasteiger partial charge in [-0.15, -0.1) is 0 Å². The van der Waals surface area contributed by atoms with Crippen molar-refractivity contribution in [3.05, 3.63) is 42.5 Å². The van der Waals surface area contributed by atoms with Crippen LogP contribution in [0, 0.1) is 0 Å². The summed E-state index contributed by atoms with van der Waals surface area (Å²) in [6, 6.07) is 11.5. The third-order valence-corrected chi connectivity index (χ3v) is 4.05. The second-order valence-corrected chi connectivity index (χ2v) is 6.07. The van der Waals surface area contributed by atoms with Gasteiger partial charge >= 0.3 is 0 Å². The topological polar surface area (TPSA) is 88.3 Å². The molecule has 0 aliphatic heterocycles. The molecular weight excluding hydrogens is 276 g/mol. The van der Waals surface area contributed by atoms with Crippen molar-refractivity contribution in [1.82, 2.24) is 4.98 Å². The molecule has 1 heterocycles. The molecule has 0 spiro atoms. The van der Waals surface area contributed by atoms with Crippen LogP contribution in [0.5, 0.6) is 0 Å². The molecule has 3 N–H and O–H groups in total. The lowest BCUT2D eigenvalue weighted by molar-refractivity contribution is 0.601. The van der Waals surface area contributed by atoms with E-state index in [1.54, 1.807) is 61.5 Å². The van der Waals surface area contributed by atoms with Crippen molar-refractivity contribution in [2.45, 2.75) is 4.90 Å². The van der Waals surface area contributed by atoms with E-state index in [1.807, 2.05) is 0 Å². The highest BCUT2D eigenvalue weighted by Gasteiger charge is 2.19. The van der Waals surface area contributed by atoms with Gasteiger partial charge in [-0.25, -0.2) is 13.4 Å². The quantitative estimate of drug-likeness (QED) is 0.892. The number of nitrogens with one attached hydrogen (secondary N) is 1. The highest BCUT2D eigenvalue weighted by atomic mass is 32.2. The monoisotopic (exact) mass is 292 g/mol. The van der Waals surface area contributed by atoms with Gasteiger partial charge in [0.2, 0.25) is 0 Å². The molecule has 2 rings (SSSR count). The van der Waals surface area contributed by atoms with Gasteiger partial charge in [-0.3, -0.25) is 4.72 Å². The fraction of sp³-hybridized carbons (Fsp3) is 0.154. The standard InChI is InChI=1S/C13H16N4O2S/c1-17(2)10-6-3-4-7-11(10)20(18,19)16-13-9-5-8-12(14)15-13/h3-9H,1-2H3,(H3,14,15,16). The molecule has 0 saturated heterocycles. The lowest BCUT2D eigenvalue weighted by Crippen LogP contribution is -2.19. The molecule has 1 aromatic carbocycles. The first kappa shape index (κ1) is 14.1. The van der Waals surface area contributed by atoms with Crippen molar-refractivity contribution in [3.63, 3.8) is 0 Å². The van der Waals surface area contributed by atoms with Gasteiger partial charge in [0.05, 0.1) is 5.69 Å². The lowest BCUT2D eigenvalue weighted by atomic mass is 10.3. The first-order chi connectivity index (χ1) is 9.40. The van der Waals surface area contributed by atoms with E-state index in [0.29, 0.717) is 5.69 Å². The predicted molar refractivity (Wildman–Crippen MR) is 80.2 cm³/mol. The van der Waals surface area contributed by atoms with Crippen LogP contribution in [0.3, 0.4) is 0 Å². The number of nitrogen functional groups attached to an aromatic ring is 1. The Bertz CT molecular complexity index is 714.